The zero-order valence-corrected chi connectivity index (χ0v) is 10.6. The Labute approximate surface area is 107 Å². The first-order valence-electron chi connectivity index (χ1n) is 5.02. The molecule has 0 aliphatic heterocycles. The lowest BCUT2D eigenvalue weighted by Crippen LogP contribution is -2.16. The Morgan fingerprint density at radius 2 is 2.11 bits per heavy atom. The number of hydrogen-bond acceptors (Lipinski definition) is 7. The number of nitrogens with zero attached hydrogens (tertiary/aromatic N) is 4. The van der Waals surface area contributed by atoms with E-state index >= 15 is 0 Å². The molecule has 8 heteroatoms. The Kier molecular flexibility index (Phi) is 3.47. The van der Waals surface area contributed by atoms with E-state index < -0.39 is 0 Å². The van der Waals surface area contributed by atoms with Gasteiger partial charge in [0.25, 0.3) is 5.22 Å². The lowest BCUT2D eigenvalue weighted by Gasteiger charge is -2.02. The van der Waals surface area contributed by atoms with Crippen molar-refractivity contribution < 1.29 is 9.62 Å². The number of oxime groups is 1. The highest BCUT2D eigenvalue weighted by Gasteiger charge is 2.15. The van der Waals surface area contributed by atoms with E-state index in [9.17, 15) is 0 Å². The van der Waals surface area contributed by atoms with Crippen molar-refractivity contribution >= 4 is 17.6 Å². The topological polar surface area (TPSA) is 110 Å². The van der Waals surface area contributed by atoms with E-state index in [0.29, 0.717) is 15.9 Å². The third-order valence-corrected chi connectivity index (χ3v) is 3.05. The Balaban J connectivity index is 2.34. The fourth-order valence-electron chi connectivity index (χ4n) is 1.19. The van der Waals surface area contributed by atoms with E-state index in [1.165, 1.54) is 24.2 Å². The van der Waals surface area contributed by atoms with Gasteiger partial charge in [0, 0.05) is 12.4 Å². The Hall–Kier alpha value is -2.09. The summed E-state index contributed by atoms with van der Waals surface area (Å²) in [5.41, 5.74) is 6.62. The Bertz CT molecular complexity index is 576. The number of oxazole rings is 1. The highest BCUT2D eigenvalue weighted by Crippen LogP contribution is 2.28. The number of amidine groups is 1. The van der Waals surface area contributed by atoms with Gasteiger partial charge in [-0.05, 0) is 25.6 Å². The van der Waals surface area contributed by atoms with Crippen molar-refractivity contribution in [2.45, 2.75) is 24.1 Å². The first kappa shape index (κ1) is 12.4. The Morgan fingerprint density at radius 3 is 2.72 bits per heavy atom. The summed E-state index contributed by atoms with van der Waals surface area (Å²) in [6, 6.07) is 0. The largest absolute Gasteiger partial charge is 0.436 e. The van der Waals surface area contributed by atoms with Crippen molar-refractivity contribution in [3.63, 3.8) is 0 Å². The van der Waals surface area contributed by atoms with Gasteiger partial charge in [-0.2, -0.15) is 0 Å². The molecule has 7 nitrogen and oxygen atoms in total. The maximum atomic E-state index is 8.67. The van der Waals surface area contributed by atoms with Crippen molar-refractivity contribution in [2.75, 3.05) is 0 Å². The van der Waals surface area contributed by atoms with E-state index in [0.717, 1.165) is 11.5 Å². The zero-order valence-electron chi connectivity index (χ0n) is 9.78. The van der Waals surface area contributed by atoms with Crippen LogP contribution >= 0.6 is 11.8 Å². The molecular formula is C10H11N5O2S. The van der Waals surface area contributed by atoms with Gasteiger partial charge in [-0.1, -0.05) is 5.16 Å². The fourth-order valence-corrected chi connectivity index (χ4v) is 2.07. The third-order valence-electron chi connectivity index (χ3n) is 2.21. The molecular weight excluding hydrogens is 254 g/mol. The smallest absolute Gasteiger partial charge is 0.262 e. The fraction of sp³-hybridized carbons (Fsp3) is 0.200. The molecule has 0 atom stereocenters. The number of nitrogens with two attached hydrogens (primary N) is 1. The van der Waals surface area contributed by atoms with Crippen LogP contribution in [0.5, 0.6) is 0 Å². The molecule has 0 saturated carbocycles. The van der Waals surface area contributed by atoms with Crippen LogP contribution in [0.2, 0.25) is 0 Å². The van der Waals surface area contributed by atoms with E-state index in [4.69, 9.17) is 15.4 Å². The number of hydrogen-bond donors (Lipinski definition) is 2. The van der Waals surface area contributed by atoms with Gasteiger partial charge in [-0.25, -0.2) is 15.0 Å². The molecule has 2 rings (SSSR count). The second-order valence-corrected chi connectivity index (χ2v) is 4.36. The molecule has 0 fully saturated rings. The van der Waals surface area contributed by atoms with Gasteiger partial charge < -0.3 is 15.4 Å². The predicted molar refractivity (Wildman–Crippen MR) is 64.6 cm³/mol. The van der Waals surface area contributed by atoms with Gasteiger partial charge in [-0.3, -0.25) is 0 Å². The van der Waals surface area contributed by atoms with Gasteiger partial charge in [0.15, 0.2) is 5.84 Å². The molecule has 2 aromatic heterocycles. The molecule has 0 spiro atoms. The Morgan fingerprint density at radius 1 is 1.39 bits per heavy atom. The zero-order chi connectivity index (χ0) is 13.1. The summed E-state index contributed by atoms with van der Waals surface area (Å²) in [7, 11) is 0. The van der Waals surface area contributed by atoms with Crippen molar-refractivity contribution in [1.29, 1.82) is 0 Å². The molecule has 0 bridgehead atoms. The average Bonchev–Trinajstić information content (AvgIpc) is 2.68. The van der Waals surface area contributed by atoms with Crippen LogP contribution in [-0.4, -0.2) is 26.0 Å². The van der Waals surface area contributed by atoms with E-state index in [-0.39, 0.29) is 5.84 Å². The molecule has 0 radical (unpaired) electrons. The van der Waals surface area contributed by atoms with Crippen molar-refractivity contribution in [2.24, 2.45) is 10.9 Å². The van der Waals surface area contributed by atoms with Crippen LogP contribution in [0.1, 0.15) is 17.1 Å². The lowest BCUT2D eigenvalue weighted by molar-refractivity contribution is 0.318. The summed E-state index contributed by atoms with van der Waals surface area (Å²) in [4.78, 5) is 12.3. The molecule has 0 saturated heterocycles. The van der Waals surface area contributed by atoms with Crippen LogP contribution in [0.4, 0.5) is 0 Å². The molecule has 18 heavy (non-hydrogen) atoms. The van der Waals surface area contributed by atoms with Crippen molar-refractivity contribution in [1.82, 2.24) is 15.0 Å². The van der Waals surface area contributed by atoms with Crippen molar-refractivity contribution in [3.05, 3.63) is 29.5 Å². The summed E-state index contributed by atoms with van der Waals surface area (Å²) < 4.78 is 5.43. The first-order valence-corrected chi connectivity index (χ1v) is 5.84. The quantitative estimate of drug-likeness (QED) is 0.372. The highest BCUT2D eigenvalue weighted by molar-refractivity contribution is 7.99. The molecule has 0 unspecified atom stereocenters. The maximum absolute atomic E-state index is 8.67. The lowest BCUT2D eigenvalue weighted by atomic mass is 10.4. The maximum Gasteiger partial charge on any atom is 0.262 e. The SMILES string of the molecule is Cc1nc(Sc2nccnc2C(N)=NO)oc1C. The van der Waals surface area contributed by atoms with Crippen LogP contribution in [0.25, 0.3) is 0 Å². The second-order valence-electron chi connectivity index (χ2n) is 3.42. The predicted octanol–water partition coefficient (Wildman–Crippen LogP) is 1.33. The minimum atomic E-state index is -0.106. The van der Waals surface area contributed by atoms with Crippen molar-refractivity contribution in [3.8, 4) is 0 Å². The standard InChI is InChI=1S/C10H11N5O2S/c1-5-6(2)17-10(14-5)18-9-7(8(11)15-16)12-3-4-13-9/h3-4,16H,1-2H3,(H2,11,15). The van der Waals surface area contributed by atoms with Gasteiger partial charge >= 0.3 is 0 Å². The number of rotatable bonds is 3. The third kappa shape index (κ3) is 2.43. The summed E-state index contributed by atoms with van der Waals surface area (Å²) in [5, 5.41) is 12.5. The monoisotopic (exact) mass is 265 g/mol. The van der Waals surface area contributed by atoms with E-state index in [2.05, 4.69) is 20.1 Å². The van der Waals surface area contributed by atoms with Crippen LogP contribution in [-0.2, 0) is 0 Å². The minimum Gasteiger partial charge on any atom is -0.436 e. The van der Waals surface area contributed by atoms with Gasteiger partial charge in [-0.15, -0.1) is 0 Å². The van der Waals surface area contributed by atoms with Gasteiger partial charge in [0.1, 0.15) is 16.5 Å². The van der Waals surface area contributed by atoms with Crippen LogP contribution in [0.15, 0.2) is 32.2 Å². The number of aryl methyl sites for hydroxylation is 2. The molecule has 94 valence electrons. The van der Waals surface area contributed by atoms with Gasteiger partial charge in [0.2, 0.25) is 0 Å². The molecule has 3 N–H and O–H groups in total. The highest BCUT2D eigenvalue weighted by atomic mass is 32.2. The van der Waals surface area contributed by atoms with E-state index in [1.54, 1.807) is 0 Å². The first-order chi connectivity index (χ1) is 8.61. The molecule has 0 amide bonds. The van der Waals surface area contributed by atoms with Gasteiger partial charge in [0.05, 0.1) is 5.69 Å². The normalized spacial score (nSPS) is 11.8. The van der Waals surface area contributed by atoms with E-state index in [1.807, 2.05) is 13.8 Å². The number of aromatic nitrogens is 3. The van der Waals surface area contributed by atoms with Crippen LogP contribution in [0, 0.1) is 13.8 Å². The molecule has 0 aliphatic rings. The summed E-state index contributed by atoms with van der Waals surface area (Å²) in [5.74, 6) is 0.636. The summed E-state index contributed by atoms with van der Waals surface area (Å²) in [6.45, 7) is 3.68. The van der Waals surface area contributed by atoms with Crippen LogP contribution in [0.3, 0.4) is 0 Å². The molecule has 2 aromatic rings. The summed E-state index contributed by atoms with van der Waals surface area (Å²) in [6.07, 6.45) is 2.97. The molecule has 0 aromatic carbocycles. The molecule has 0 aliphatic carbocycles. The summed E-state index contributed by atoms with van der Waals surface area (Å²) >= 11 is 1.17. The average molecular weight is 265 g/mol. The minimum absolute atomic E-state index is 0.106. The van der Waals surface area contributed by atoms with Crippen LogP contribution < -0.4 is 5.73 Å². The second kappa shape index (κ2) is 5.05. The molecule has 2 heterocycles.